The van der Waals surface area contributed by atoms with Gasteiger partial charge in [-0.05, 0) is 46.3 Å². The van der Waals surface area contributed by atoms with Crippen molar-refractivity contribution in [3.05, 3.63) is 0 Å². The van der Waals surface area contributed by atoms with Crippen LogP contribution in [-0.4, -0.2) is 50.2 Å². The molecule has 0 aromatic rings. The highest BCUT2D eigenvalue weighted by Gasteiger charge is 2.17. The Bertz CT molecular complexity index is 221. The van der Waals surface area contributed by atoms with Crippen molar-refractivity contribution in [3.8, 4) is 0 Å². The number of hydrogen-bond acceptors (Lipinski definition) is 4. The number of ether oxygens (including phenoxy) is 1. The Hall–Kier alpha value is -0.610. The summed E-state index contributed by atoms with van der Waals surface area (Å²) < 4.78 is 4.87. The minimum Gasteiger partial charge on any atom is -0.466 e. The van der Waals surface area contributed by atoms with E-state index in [1.807, 2.05) is 6.92 Å². The van der Waals surface area contributed by atoms with E-state index < -0.39 is 0 Å². The molecule has 1 aliphatic heterocycles. The topological polar surface area (TPSA) is 41.6 Å². The van der Waals surface area contributed by atoms with Crippen LogP contribution in [0.25, 0.3) is 0 Å². The van der Waals surface area contributed by atoms with Gasteiger partial charge in [-0.25, -0.2) is 0 Å². The summed E-state index contributed by atoms with van der Waals surface area (Å²) in [5, 5.41) is 3.32. The van der Waals surface area contributed by atoms with E-state index in [0.29, 0.717) is 13.0 Å². The monoisotopic (exact) mass is 242 g/mol. The Balaban J connectivity index is 1.98. The van der Waals surface area contributed by atoms with Crippen LogP contribution in [0.3, 0.4) is 0 Å². The molecule has 1 rings (SSSR count). The molecular formula is C13H26N2O2. The minimum atomic E-state index is -0.102. The molecule has 4 heteroatoms. The molecule has 1 heterocycles. The standard InChI is InChI=1S/C13H26N2O2/c1-3-17-13(16)8-10-14-9-7-12-6-4-5-11-15(12)2/h12,14H,3-11H2,1-2H3. The second-order valence-electron chi connectivity index (χ2n) is 4.72. The molecule has 100 valence electrons. The van der Waals surface area contributed by atoms with Gasteiger partial charge < -0.3 is 15.0 Å². The number of likely N-dealkylation sites (tertiary alicyclic amines) is 1. The predicted octanol–water partition coefficient (Wildman–Crippen LogP) is 1.40. The summed E-state index contributed by atoms with van der Waals surface area (Å²) in [4.78, 5) is 13.5. The number of piperidine rings is 1. The van der Waals surface area contributed by atoms with Crippen molar-refractivity contribution in [1.82, 2.24) is 10.2 Å². The first-order chi connectivity index (χ1) is 8.24. The second-order valence-corrected chi connectivity index (χ2v) is 4.72. The van der Waals surface area contributed by atoms with Gasteiger partial charge in [-0.2, -0.15) is 0 Å². The zero-order chi connectivity index (χ0) is 12.5. The molecule has 0 aromatic carbocycles. The van der Waals surface area contributed by atoms with Crippen LogP contribution in [0, 0.1) is 0 Å². The average Bonchev–Trinajstić information content (AvgIpc) is 2.31. The van der Waals surface area contributed by atoms with Gasteiger partial charge >= 0.3 is 5.97 Å². The smallest absolute Gasteiger partial charge is 0.307 e. The molecule has 1 atom stereocenters. The number of nitrogens with one attached hydrogen (secondary N) is 1. The highest BCUT2D eigenvalue weighted by molar-refractivity contribution is 5.69. The quantitative estimate of drug-likeness (QED) is 0.541. The van der Waals surface area contributed by atoms with E-state index >= 15 is 0 Å². The summed E-state index contributed by atoms with van der Waals surface area (Å²) in [5.41, 5.74) is 0. The maximum Gasteiger partial charge on any atom is 0.307 e. The van der Waals surface area contributed by atoms with Crippen molar-refractivity contribution in [2.45, 2.75) is 45.1 Å². The van der Waals surface area contributed by atoms with Gasteiger partial charge in [0.15, 0.2) is 0 Å². The lowest BCUT2D eigenvalue weighted by molar-refractivity contribution is -0.142. The first-order valence-corrected chi connectivity index (χ1v) is 6.80. The summed E-state index contributed by atoms with van der Waals surface area (Å²) in [6, 6.07) is 0.721. The van der Waals surface area contributed by atoms with Gasteiger partial charge in [-0.3, -0.25) is 4.79 Å². The van der Waals surface area contributed by atoms with Crippen LogP contribution in [0.15, 0.2) is 0 Å². The SMILES string of the molecule is CCOC(=O)CCNCCC1CCCCN1C. The largest absolute Gasteiger partial charge is 0.466 e. The molecule has 1 saturated heterocycles. The van der Waals surface area contributed by atoms with Crippen molar-refractivity contribution >= 4 is 5.97 Å². The van der Waals surface area contributed by atoms with E-state index in [0.717, 1.165) is 19.1 Å². The minimum absolute atomic E-state index is 0.102. The predicted molar refractivity (Wildman–Crippen MR) is 69.0 cm³/mol. The third-order valence-corrected chi connectivity index (χ3v) is 3.39. The third-order valence-electron chi connectivity index (χ3n) is 3.39. The van der Waals surface area contributed by atoms with Crippen LogP contribution in [0.5, 0.6) is 0 Å². The fraction of sp³-hybridized carbons (Fsp3) is 0.923. The lowest BCUT2D eigenvalue weighted by Gasteiger charge is -2.32. The molecule has 0 radical (unpaired) electrons. The second kappa shape index (κ2) is 8.48. The summed E-state index contributed by atoms with van der Waals surface area (Å²) in [5.74, 6) is -0.102. The van der Waals surface area contributed by atoms with Gasteiger partial charge in [-0.1, -0.05) is 6.42 Å². The number of carbonyl (C=O) groups excluding carboxylic acids is 1. The van der Waals surface area contributed by atoms with Crippen molar-refractivity contribution in [1.29, 1.82) is 0 Å². The molecule has 1 unspecified atom stereocenters. The first kappa shape index (κ1) is 14.5. The van der Waals surface area contributed by atoms with Gasteiger partial charge in [-0.15, -0.1) is 0 Å². The van der Waals surface area contributed by atoms with Crippen LogP contribution in [0.2, 0.25) is 0 Å². The van der Waals surface area contributed by atoms with Crippen molar-refractivity contribution < 1.29 is 9.53 Å². The Morgan fingerprint density at radius 2 is 2.24 bits per heavy atom. The Morgan fingerprint density at radius 3 is 2.94 bits per heavy atom. The number of carbonyl (C=O) groups is 1. The molecule has 1 aliphatic rings. The van der Waals surface area contributed by atoms with E-state index in [4.69, 9.17) is 4.74 Å². The fourth-order valence-corrected chi connectivity index (χ4v) is 2.33. The van der Waals surface area contributed by atoms with Gasteiger partial charge in [0.2, 0.25) is 0 Å². The lowest BCUT2D eigenvalue weighted by atomic mass is 10.0. The van der Waals surface area contributed by atoms with Crippen LogP contribution in [-0.2, 0) is 9.53 Å². The zero-order valence-corrected chi connectivity index (χ0v) is 11.2. The third kappa shape index (κ3) is 6.03. The summed E-state index contributed by atoms with van der Waals surface area (Å²) in [6.45, 7) is 5.27. The molecule has 0 saturated carbocycles. The molecule has 0 aliphatic carbocycles. The summed E-state index contributed by atoms with van der Waals surface area (Å²) in [7, 11) is 2.21. The Labute approximate surface area is 105 Å². The van der Waals surface area contributed by atoms with Gasteiger partial charge in [0, 0.05) is 12.6 Å². The lowest BCUT2D eigenvalue weighted by Crippen LogP contribution is -2.38. The molecule has 0 spiro atoms. The number of rotatable bonds is 7. The van der Waals surface area contributed by atoms with Crippen LogP contribution >= 0.6 is 0 Å². The Kier molecular flexibility index (Phi) is 7.21. The van der Waals surface area contributed by atoms with Crippen LogP contribution < -0.4 is 5.32 Å². The summed E-state index contributed by atoms with van der Waals surface area (Å²) in [6.07, 6.45) is 5.67. The zero-order valence-electron chi connectivity index (χ0n) is 11.2. The molecule has 17 heavy (non-hydrogen) atoms. The fourth-order valence-electron chi connectivity index (χ4n) is 2.33. The normalized spacial score (nSPS) is 21.4. The van der Waals surface area contributed by atoms with E-state index in [-0.39, 0.29) is 5.97 Å². The van der Waals surface area contributed by atoms with Crippen molar-refractivity contribution in [2.75, 3.05) is 33.3 Å². The maximum atomic E-state index is 11.1. The molecule has 0 bridgehead atoms. The number of nitrogens with zero attached hydrogens (tertiary/aromatic N) is 1. The van der Waals surface area contributed by atoms with E-state index in [9.17, 15) is 4.79 Å². The van der Waals surface area contributed by atoms with E-state index in [1.54, 1.807) is 0 Å². The maximum absolute atomic E-state index is 11.1. The van der Waals surface area contributed by atoms with Crippen molar-refractivity contribution in [2.24, 2.45) is 0 Å². The highest BCUT2D eigenvalue weighted by atomic mass is 16.5. The highest BCUT2D eigenvalue weighted by Crippen LogP contribution is 2.16. The average molecular weight is 242 g/mol. The van der Waals surface area contributed by atoms with E-state index in [2.05, 4.69) is 17.3 Å². The number of esters is 1. The Morgan fingerprint density at radius 1 is 1.41 bits per heavy atom. The molecule has 4 nitrogen and oxygen atoms in total. The van der Waals surface area contributed by atoms with Gasteiger partial charge in [0.05, 0.1) is 13.0 Å². The first-order valence-electron chi connectivity index (χ1n) is 6.80. The number of hydrogen-bond donors (Lipinski definition) is 1. The molecule has 0 aromatic heterocycles. The van der Waals surface area contributed by atoms with E-state index in [1.165, 1.54) is 32.2 Å². The molecule has 1 N–H and O–H groups in total. The van der Waals surface area contributed by atoms with Gasteiger partial charge in [0.1, 0.15) is 0 Å². The molecule has 0 amide bonds. The van der Waals surface area contributed by atoms with Gasteiger partial charge in [0.25, 0.3) is 0 Å². The summed E-state index contributed by atoms with van der Waals surface area (Å²) >= 11 is 0. The van der Waals surface area contributed by atoms with Crippen molar-refractivity contribution in [3.63, 3.8) is 0 Å². The van der Waals surface area contributed by atoms with Crippen LogP contribution in [0.4, 0.5) is 0 Å². The molecular weight excluding hydrogens is 216 g/mol. The van der Waals surface area contributed by atoms with Crippen LogP contribution in [0.1, 0.15) is 39.0 Å². The molecule has 1 fully saturated rings.